The molecular formula is C15H18FN3OS. The van der Waals surface area contributed by atoms with E-state index in [4.69, 9.17) is 0 Å². The van der Waals surface area contributed by atoms with Crippen molar-refractivity contribution in [1.29, 1.82) is 0 Å². The molecule has 0 saturated heterocycles. The van der Waals surface area contributed by atoms with Gasteiger partial charge in [0.05, 0.1) is 0 Å². The molecule has 21 heavy (non-hydrogen) atoms. The minimum Gasteiger partial charge on any atom is -0.309 e. The molecule has 2 rings (SSSR count). The number of aromatic nitrogens is 2. The van der Waals surface area contributed by atoms with Gasteiger partial charge in [-0.1, -0.05) is 13.8 Å². The number of anilines is 1. The van der Waals surface area contributed by atoms with E-state index < -0.39 is 0 Å². The van der Waals surface area contributed by atoms with E-state index in [9.17, 15) is 9.18 Å². The number of hydrogen-bond donors (Lipinski definition) is 2. The summed E-state index contributed by atoms with van der Waals surface area (Å²) in [5.74, 6) is 1.20. The lowest BCUT2D eigenvalue weighted by Crippen LogP contribution is -2.12. The Morgan fingerprint density at radius 1 is 1.38 bits per heavy atom. The summed E-state index contributed by atoms with van der Waals surface area (Å²) in [6.45, 7) is 4.11. The molecule has 0 saturated carbocycles. The molecular weight excluding hydrogens is 289 g/mol. The Balaban J connectivity index is 1.75. The van der Waals surface area contributed by atoms with Crippen LogP contribution in [0, 0.1) is 5.82 Å². The fourth-order valence-electron chi connectivity index (χ4n) is 1.69. The maximum atomic E-state index is 12.8. The second-order valence-electron chi connectivity index (χ2n) is 4.96. The topological polar surface area (TPSA) is 57.8 Å². The Labute approximate surface area is 127 Å². The van der Waals surface area contributed by atoms with Gasteiger partial charge in [-0.3, -0.25) is 9.89 Å². The molecule has 1 heterocycles. The minimum atomic E-state index is -0.253. The predicted molar refractivity (Wildman–Crippen MR) is 83.0 cm³/mol. The summed E-state index contributed by atoms with van der Waals surface area (Å²) in [6.07, 6.45) is 0.381. The van der Waals surface area contributed by atoms with Crippen LogP contribution >= 0.6 is 11.8 Å². The Morgan fingerprint density at radius 3 is 2.71 bits per heavy atom. The average Bonchev–Trinajstić information content (AvgIpc) is 2.90. The third-order valence-corrected chi connectivity index (χ3v) is 3.91. The lowest BCUT2D eigenvalue weighted by molar-refractivity contribution is -0.115. The van der Waals surface area contributed by atoms with Gasteiger partial charge in [0.2, 0.25) is 5.91 Å². The molecule has 112 valence electrons. The van der Waals surface area contributed by atoms with Gasteiger partial charge in [0.1, 0.15) is 5.82 Å². The lowest BCUT2D eigenvalue weighted by atomic mass is 10.1. The van der Waals surface area contributed by atoms with Crippen molar-refractivity contribution < 1.29 is 9.18 Å². The summed E-state index contributed by atoms with van der Waals surface area (Å²) < 4.78 is 12.8. The highest BCUT2D eigenvalue weighted by Gasteiger charge is 2.08. The van der Waals surface area contributed by atoms with Gasteiger partial charge >= 0.3 is 0 Å². The van der Waals surface area contributed by atoms with Crippen molar-refractivity contribution in [3.63, 3.8) is 0 Å². The van der Waals surface area contributed by atoms with Crippen LogP contribution in [0.1, 0.15) is 31.9 Å². The number of nitrogens with one attached hydrogen (secondary N) is 2. The first-order chi connectivity index (χ1) is 10.0. The van der Waals surface area contributed by atoms with Gasteiger partial charge in [0.25, 0.3) is 0 Å². The van der Waals surface area contributed by atoms with Crippen LogP contribution in [0.4, 0.5) is 10.2 Å². The molecule has 0 aliphatic rings. The van der Waals surface area contributed by atoms with Gasteiger partial charge in [-0.15, -0.1) is 11.8 Å². The predicted octanol–water partition coefficient (Wildman–Crippen LogP) is 3.79. The zero-order chi connectivity index (χ0) is 15.2. The van der Waals surface area contributed by atoms with E-state index in [-0.39, 0.29) is 11.7 Å². The quantitative estimate of drug-likeness (QED) is 0.798. The summed E-state index contributed by atoms with van der Waals surface area (Å²) in [5, 5.41) is 9.70. The number of aromatic amines is 1. The third-order valence-electron chi connectivity index (χ3n) is 2.90. The number of H-pyrrole nitrogens is 1. The van der Waals surface area contributed by atoms with Crippen LogP contribution in [0.3, 0.4) is 0 Å². The van der Waals surface area contributed by atoms with Crippen LogP contribution in [0.15, 0.2) is 35.2 Å². The molecule has 2 N–H and O–H groups in total. The number of nitrogens with zero attached hydrogens (tertiary/aromatic N) is 1. The molecule has 0 fully saturated rings. The maximum absolute atomic E-state index is 12.8. The highest BCUT2D eigenvalue weighted by atomic mass is 32.2. The first-order valence-electron chi connectivity index (χ1n) is 6.78. The molecule has 0 unspecified atom stereocenters. The largest absolute Gasteiger partial charge is 0.309 e. The fourth-order valence-corrected chi connectivity index (χ4v) is 2.55. The Morgan fingerprint density at radius 2 is 2.10 bits per heavy atom. The average molecular weight is 307 g/mol. The first-order valence-corrected chi connectivity index (χ1v) is 7.76. The Hall–Kier alpha value is -1.82. The molecule has 6 heteroatoms. The van der Waals surface area contributed by atoms with Crippen LogP contribution in [-0.4, -0.2) is 21.9 Å². The first kappa shape index (κ1) is 15.6. The molecule has 1 amide bonds. The smallest absolute Gasteiger partial charge is 0.226 e. The number of amides is 1. The zero-order valence-electron chi connectivity index (χ0n) is 12.0. The zero-order valence-corrected chi connectivity index (χ0v) is 12.8. The summed E-state index contributed by atoms with van der Waals surface area (Å²) in [7, 11) is 0. The van der Waals surface area contributed by atoms with Gasteiger partial charge < -0.3 is 5.32 Å². The van der Waals surface area contributed by atoms with E-state index in [2.05, 4.69) is 29.4 Å². The maximum Gasteiger partial charge on any atom is 0.226 e. The van der Waals surface area contributed by atoms with E-state index in [0.29, 0.717) is 23.9 Å². The molecule has 1 aromatic carbocycles. The standard InChI is InChI=1S/C15H18FN3OS/c1-10(2)13-9-14(19-18-13)17-15(20)7-8-21-12-5-3-11(16)4-6-12/h3-6,9-10H,7-8H2,1-2H3,(H2,17,18,19,20). The van der Waals surface area contributed by atoms with Crippen molar-refractivity contribution in [1.82, 2.24) is 10.2 Å². The Kier molecular flexibility index (Phi) is 5.38. The molecule has 0 atom stereocenters. The lowest BCUT2D eigenvalue weighted by Gasteiger charge is -2.02. The summed E-state index contributed by atoms with van der Waals surface area (Å²) >= 11 is 1.52. The second kappa shape index (κ2) is 7.26. The Bertz CT molecular complexity index is 595. The van der Waals surface area contributed by atoms with Crippen molar-refractivity contribution in [2.45, 2.75) is 31.1 Å². The molecule has 0 aliphatic carbocycles. The van der Waals surface area contributed by atoms with Crippen LogP contribution in [0.5, 0.6) is 0 Å². The third kappa shape index (κ3) is 4.90. The SMILES string of the molecule is CC(C)c1cc(NC(=O)CCSc2ccc(F)cc2)n[nH]1. The van der Waals surface area contributed by atoms with Crippen LogP contribution in [0.25, 0.3) is 0 Å². The highest BCUT2D eigenvalue weighted by molar-refractivity contribution is 7.99. The number of rotatable bonds is 6. The van der Waals surface area contributed by atoms with E-state index in [1.165, 1.54) is 23.9 Å². The monoisotopic (exact) mass is 307 g/mol. The van der Waals surface area contributed by atoms with Gasteiger partial charge in [-0.2, -0.15) is 5.10 Å². The molecule has 2 aromatic rings. The van der Waals surface area contributed by atoms with Crippen LogP contribution in [0.2, 0.25) is 0 Å². The van der Waals surface area contributed by atoms with Gasteiger partial charge in [0.15, 0.2) is 5.82 Å². The van der Waals surface area contributed by atoms with E-state index in [1.54, 1.807) is 12.1 Å². The summed E-state index contributed by atoms with van der Waals surface area (Å²) in [4.78, 5) is 12.7. The number of halogens is 1. The van der Waals surface area contributed by atoms with Crippen LogP contribution < -0.4 is 5.32 Å². The van der Waals surface area contributed by atoms with Gasteiger partial charge in [0, 0.05) is 28.8 Å². The normalized spacial score (nSPS) is 10.9. The van der Waals surface area contributed by atoms with Crippen molar-refractivity contribution in [2.24, 2.45) is 0 Å². The van der Waals surface area contributed by atoms with Gasteiger partial charge in [-0.25, -0.2) is 4.39 Å². The van der Waals surface area contributed by atoms with E-state index >= 15 is 0 Å². The van der Waals surface area contributed by atoms with Gasteiger partial charge in [-0.05, 0) is 30.2 Å². The van der Waals surface area contributed by atoms with Crippen molar-refractivity contribution in [2.75, 3.05) is 11.1 Å². The number of carbonyl (C=O) groups is 1. The van der Waals surface area contributed by atoms with E-state index in [1.807, 2.05) is 6.07 Å². The van der Waals surface area contributed by atoms with E-state index in [0.717, 1.165) is 10.6 Å². The molecule has 0 spiro atoms. The van der Waals surface area contributed by atoms with Crippen molar-refractivity contribution in [3.05, 3.63) is 41.8 Å². The fraction of sp³-hybridized carbons (Fsp3) is 0.333. The molecule has 1 aromatic heterocycles. The number of carbonyl (C=O) groups excluding carboxylic acids is 1. The van der Waals surface area contributed by atoms with Crippen molar-refractivity contribution >= 4 is 23.5 Å². The summed E-state index contributed by atoms with van der Waals surface area (Å²) in [6, 6.07) is 8.09. The number of benzene rings is 1. The minimum absolute atomic E-state index is 0.0774. The number of thioether (sulfide) groups is 1. The molecule has 0 bridgehead atoms. The van der Waals surface area contributed by atoms with Crippen molar-refractivity contribution in [3.8, 4) is 0 Å². The highest BCUT2D eigenvalue weighted by Crippen LogP contribution is 2.19. The summed E-state index contributed by atoms with van der Waals surface area (Å²) in [5.41, 5.74) is 0.992. The second-order valence-corrected chi connectivity index (χ2v) is 6.13. The number of hydrogen-bond acceptors (Lipinski definition) is 3. The molecule has 0 radical (unpaired) electrons. The van der Waals surface area contributed by atoms with Crippen LogP contribution in [-0.2, 0) is 4.79 Å². The molecule has 0 aliphatic heterocycles. The molecule has 4 nitrogen and oxygen atoms in total.